The van der Waals surface area contributed by atoms with Crippen molar-refractivity contribution < 1.29 is 23.9 Å². The molecule has 0 radical (unpaired) electrons. The van der Waals surface area contributed by atoms with Crippen LogP contribution in [0, 0.1) is 22.7 Å². The fourth-order valence-electron chi connectivity index (χ4n) is 7.73. The average Bonchev–Trinajstić information content (AvgIpc) is 4.12. The second-order valence-corrected chi connectivity index (χ2v) is 16.1. The molecule has 0 saturated carbocycles. The van der Waals surface area contributed by atoms with Gasteiger partial charge in [-0.3, -0.25) is 19.6 Å². The van der Waals surface area contributed by atoms with Crippen molar-refractivity contribution in [3.63, 3.8) is 0 Å². The van der Waals surface area contributed by atoms with Crippen LogP contribution in [-0.2, 0) is 40.3 Å². The highest BCUT2D eigenvalue weighted by atomic mass is 16.6. The molecule has 7 rings (SSSR count). The first-order valence-corrected chi connectivity index (χ1v) is 21.4. The summed E-state index contributed by atoms with van der Waals surface area (Å²) in [4.78, 5) is 67.1. The summed E-state index contributed by atoms with van der Waals surface area (Å²) in [5.74, 6) is -1.15. The molecule has 15 heteroatoms. The van der Waals surface area contributed by atoms with E-state index in [0.29, 0.717) is 24.2 Å². The number of amides is 6. The van der Waals surface area contributed by atoms with Gasteiger partial charge in [0.15, 0.2) is 0 Å². The van der Waals surface area contributed by atoms with Crippen LogP contribution in [0.4, 0.5) is 9.59 Å². The molecule has 6 aromatic rings. The Morgan fingerprint density at radius 1 is 0.554 bits per heavy atom. The van der Waals surface area contributed by atoms with Gasteiger partial charge in [-0.25, -0.2) is 9.59 Å². The van der Waals surface area contributed by atoms with Crippen LogP contribution in [-0.4, -0.2) is 94.1 Å². The number of fused-ring (bicyclic) bond motifs is 2. The van der Waals surface area contributed by atoms with Gasteiger partial charge in [-0.15, -0.1) is 0 Å². The molecule has 0 bridgehead atoms. The van der Waals surface area contributed by atoms with Crippen molar-refractivity contribution >= 4 is 45.7 Å². The molecular formula is C50H50N10O5. The molecule has 1 aliphatic rings. The van der Waals surface area contributed by atoms with Crippen LogP contribution in [0.5, 0.6) is 0 Å². The van der Waals surface area contributed by atoms with Crippen molar-refractivity contribution in [3.05, 3.63) is 156 Å². The highest BCUT2D eigenvalue weighted by molar-refractivity contribution is 5.88. The van der Waals surface area contributed by atoms with E-state index in [0.717, 1.165) is 32.9 Å². The van der Waals surface area contributed by atoms with Gasteiger partial charge in [-0.1, -0.05) is 109 Å². The summed E-state index contributed by atoms with van der Waals surface area (Å²) in [7, 11) is 3.17. The fourth-order valence-corrected chi connectivity index (χ4v) is 7.73. The monoisotopic (exact) mass is 870 g/mol. The zero-order valence-electron chi connectivity index (χ0n) is 36.1. The van der Waals surface area contributed by atoms with Gasteiger partial charge in [0.25, 0.3) is 0 Å². The van der Waals surface area contributed by atoms with Gasteiger partial charge in [-0.2, -0.15) is 10.5 Å². The van der Waals surface area contributed by atoms with E-state index < -0.39 is 60.3 Å². The third-order valence-electron chi connectivity index (χ3n) is 11.2. The van der Waals surface area contributed by atoms with Crippen molar-refractivity contribution in [2.75, 3.05) is 14.1 Å². The molecule has 4 aromatic carbocycles. The van der Waals surface area contributed by atoms with Gasteiger partial charge in [0.1, 0.15) is 24.3 Å². The number of aromatic nitrogens is 2. The maximum Gasteiger partial charge on any atom is 0.318 e. The lowest BCUT2D eigenvalue weighted by atomic mass is 9.95. The summed E-state index contributed by atoms with van der Waals surface area (Å²) in [5.41, 5.74) is 4.70. The van der Waals surface area contributed by atoms with Crippen molar-refractivity contribution in [2.45, 2.75) is 75.1 Å². The summed E-state index contributed by atoms with van der Waals surface area (Å²) in [6, 6.07) is 41.1. The number of hydrogen-bond donors (Lipinski definition) is 4. The molecule has 330 valence electrons. The Morgan fingerprint density at radius 3 is 1.34 bits per heavy atom. The molecule has 0 spiro atoms. The summed E-state index contributed by atoms with van der Waals surface area (Å²) in [6.45, 7) is 0.331. The third-order valence-corrected chi connectivity index (χ3v) is 11.2. The molecule has 1 fully saturated rings. The first-order valence-electron chi connectivity index (χ1n) is 21.4. The molecule has 0 aliphatic carbocycles. The highest BCUT2D eigenvalue weighted by Crippen LogP contribution is 2.32. The number of carbonyl (C=O) groups is 4. The molecule has 15 nitrogen and oxygen atoms in total. The van der Waals surface area contributed by atoms with E-state index in [9.17, 15) is 29.7 Å². The number of ether oxygens (including phenoxy) is 1. The van der Waals surface area contributed by atoms with Crippen LogP contribution in [0.3, 0.4) is 0 Å². The van der Waals surface area contributed by atoms with Gasteiger partial charge in [0.05, 0.1) is 72.6 Å². The SMILES string of the molecule is CN(Cc1ccc2ccccc2n1)C(=O)N[C@@H](CC#N)C(=O)N[C@@H](Cc1ccccc1)[C@@H]1O[C@@H]1[C@H](Cc1ccccc1)NC(=O)[C@H](CC#N)NC(=O)N(C)Cc1ccc2ccccc2n1. The van der Waals surface area contributed by atoms with Crippen molar-refractivity contribution in [1.82, 2.24) is 41.0 Å². The number of para-hydroxylation sites is 2. The lowest BCUT2D eigenvalue weighted by molar-refractivity contribution is -0.124. The predicted octanol–water partition coefficient (Wildman–Crippen LogP) is 5.55. The number of hydrogen-bond acceptors (Lipinski definition) is 9. The van der Waals surface area contributed by atoms with Gasteiger partial charge in [0.2, 0.25) is 11.8 Å². The smallest absolute Gasteiger partial charge is 0.318 e. The Balaban J connectivity index is 1.04. The first kappa shape index (κ1) is 45.2. The maximum atomic E-state index is 14.1. The molecular weight excluding hydrogens is 821 g/mol. The zero-order valence-corrected chi connectivity index (χ0v) is 36.1. The number of pyridine rings is 2. The molecule has 3 heterocycles. The number of urea groups is 2. The lowest BCUT2D eigenvalue weighted by Crippen LogP contribution is -2.55. The fraction of sp³-hybridized carbons (Fsp3) is 0.280. The predicted molar refractivity (Wildman–Crippen MR) is 244 cm³/mol. The van der Waals surface area contributed by atoms with E-state index in [1.807, 2.05) is 146 Å². The number of rotatable bonds is 18. The minimum Gasteiger partial charge on any atom is -0.365 e. The summed E-state index contributed by atoms with van der Waals surface area (Å²) in [6.07, 6.45) is -1.10. The van der Waals surface area contributed by atoms with Crippen LogP contribution in [0.2, 0.25) is 0 Å². The number of nitrogens with zero attached hydrogens (tertiary/aromatic N) is 6. The van der Waals surface area contributed by atoms with E-state index in [2.05, 4.69) is 31.2 Å². The standard InChI is InChI=1S/C50H50N10O5/c1-59(31-37-23-21-35-17-9-11-19-39(35)53-37)49(63)57-41(25-27-51)47(61)55-43(29-33-13-5-3-6-14-33)45-46(65-45)44(30-34-15-7-4-8-16-34)56-48(62)42(26-28-52)58-50(64)60(2)32-38-24-22-36-18-10-12-20-40(36)54-38/h3-24,41-46H,25-26,29-32H2,1-2H3,(H,55,61)(H,56,62)(H,57,63)(H,58,64)/t41-,42-,43-,44-,45-,46+/m0/s1. The minimum atomic E-state index is -1.19. The number of epoxide rings is 1. The highest BCUT2D eigenvalue weighted by Gasteiger charge is 2.51. The molecule has 2 aromatic heterocycles. The molecule has 65 heavy (non-hydrogen) atoms. The third kappa shape index (κ3) is 12.2. The number of nitrogens with one attached hydrogen (secondary N) is 4. The van der Waals surface area contributed by atoms with Crippen LogP contribution in [0.25, 0.3) is 21.8 Å². The van der Waals surface area contributed by atoms with E-state index in [1.54, 1.807) is 14.1 Å². The van der Waals surface area contributed by atoms with E-state index in [-0.39, 0.29) is 25.9 Å². The van der Waals surface area contributed by atoms with Crippen LogP contribution in [0.15, 0.2) is 133 Å². The molecule has 6 amide bonds. The summed E-state index contributed by atoms with van der Waals surface area (Å²) < 4.78 is 6.33. The van der Waals surface area contributed by atoms with Gasteiger partial charge >= 0.3 is 12.1 Å². The van der Waals surface area contributed by atoms with E-state index >= 15 is 0 Å². The number of carbonyl (C=O) groups excluding carboxylic acids is 4. The second kappa shape index (κ2) is 21.5. The second-order valence-electron chi connectivity index (χ2n) is 16.1. The van der Waals surface area contributed by atoms with Gasteiger partial charge in [-0.05, 0) is 48.2 Å². The largest absolute Gasteiger partial charge is 0.365 e. The topological polar surface area (TPSA) is 209 Å². The molecule has 4 N–H and O–H groups in total. The zero-order chi connectivity index (χ0) is 45.7. The number of benzene rings is 4. The van der Waals surface area contributed by atoms with Crippen LogP contribution < -0.4 is 21.3 Å². The van der Waals surface area contributed by atoms with Crippen molar-refractivity contribution in [2.24, 2.45) is 0 Å². The maximum absolute atomic E-state index is 14.1. The molecule has 1 saturated heterocycles. The van der Waals surface area contributed by atoms with E-state index in [1.165, 1.54) is 9.80 Å². The van der Waals surface area contributed by atoms with E-state index in [4.69, 9.17) is 4.74 Å². The van der Waals surface area contributed by atoms with Crippen LogP contribution >= 0.6 is 0 Å². The summed E-state index contributed by atoms with van der Waals surface area (Å²) >= 11 is 0. The molecule has 0 unspecified atom stereocenters. The lowest BCUT2D eigenvalue weighted by Gasteiger charge is -2.26. The Kier molecular flexibility index (Phi) is 14.9. The normalized spacial score (nSPS) is 15.8. The van der Waals surface area contributed by atoms with Crippen molar-refractivity contribution in [1.29, 1.82) is 10.5 Å². The Bertz CT molecular complexity index is 2520. The molecule has 1 aliphatic heterocycles. The summed E-state index contributed by atoms with van der Waals surface area (Å²) in [5, 5.41) is 33.0. The Labute approximate surface area is 377 Å². The average molecular weight is 871 g/mol. The van der Waals surface area contributed by atoms with Gasteiger partial charge < -0.3 is 35.8 Å². The Hall–Kier alpha value is -7.88. The Morgan fingerprint density at radius 2 is 0.938 bits per heavy atom. The molecule has 6 atom stereocenters. The number of nitriles is 2. The minimum absolute atomic E-state index is 0.165. The first-order chi connectivity index (χ1) is 31.6. The van der Waals surface area contributed by atoms with Gasteiger partial charge in [0, 0.05) is 24.9 Å². The van der Waals surface area contributed by atoms with Crippen LogP contribution in [0.1, 0.15) is 35.4 Å². The quantitative estimate of drug-likeness (QED) is 0.0797. The van der Waals surface area contributed by atoms with Crippen molar-refractivity contribution in [3.8, 4) is 12.1 Å².